The van der Waals surface area contributed by atoms with Crippen LogP contribution in [0.3, 0.4) is 0 Å². The smallest absolute Gasteiger partial charge is 0.410 e. The lowest BCUT2D eigenvalue weighted by atomic mass is 10.2. The van der Waals surface area contributed by atoms with Gasteiger partial charge in [-0.15, -0.1) is 0 Å². The van der Waals surface area contributed by atoms with E-state index in [9.17, 15) is 9.59 Å². The maximum absolute atomic E-state index is 11.4. The predicted octanol–water partition coefficient (Wildman–Crippen LogP) is 2.75. The quantitative estimate of drug-likeness (QED) is 0.348. The van der Waals surface area contributed by atoms with Gasteiger partial charge in [0.15, 0.2) is 0 Å². The molecule has 0 aliphatic carbocycles. The van der Waals surface area contributed by atoms with E-state index in [2.05, 4.69) is 13.5 Å². The minimum atomic E-state index is -0.556. The van der Waals surface area contributed by atoms with Crippen molar-refractivity contribution in [3.8, 4) is 0 Å². The van der Waals surface area contributed by atoms with Crippen molar-refractivity contribution in [2.24, 2.45) is 0 Å². The molecule has 0 fully saturated rings. The molecule has 5 nitrogen and oxygen atoms in total. The van der Waals surface area contributed by atoms with Crippen molar-refractivity contribution >= 4 is 12.1 Å². The third-order valence-corrected chi connectivity index (χ3v) is 2.51. The summed E-state index contributed by atoms with van der Waals surface area (Å²) in [5.74, 6) is -0.409. The SMILES string of the molecule is C=CCOC(=O)N(C)CC(=O)OCCCCCCC. The number of hydrogen-bond acceptors (Lipinski definition) is 4. The fraction of sp³-hybridized carbons (Fsp3) is 0.714. The normalized spacial score (nSPS) is 9.79. The van der Waals surface area contributed by atoms with Crippen LogP contribution in [-0.2, 0) is 14.3 Å². The molecule has 0 N–H and O–H groups in total. The molecule has 1 amide bonds. The number of esters is 1. The molecule has 0 saturated heterocycles. The fourth-order valence-corrected chi connectivity index (χ4v) is 1.44. The van der Waals surface area contributed by atoms with Crippen LogP contribution in [0, 0.1) is 0 Å². The summed E-state index contributed by atoms with van der Waals surface area (Å²) >= 11 is 0. The summed E-state index contributed by atoms with van der Waals surface area (Å²) in [6.45, 7) is 6.05. The number of carbonyl (C=O) groups is 2. The van der Waals surface area contributed by atoms with E-state index >= 15 is 0 Å². The highest BCUT2D eigenvalue weighted by molar-refractivity contribution is 5.77. The Morgan fingerprint density at radius 1 is 1.16 bits per heavy atom. The van der Waals surface area contributed by atoms with E-state index in [-0.39, 0.29) is 13.2 Å². The number of hydrogen-bond donors (Lipinski definition) is 0. The van der Waals surface area contributed by atoms with Crippen LogP contribution in [0.1, 0.15) is 39.0 Å². The topological polar surface area (TPSA) is 55.8 Å². The molecule has 0 heterocycles. The van der Waals surface area contributed by atoms with Crippen molar-refractivity contribution < 1.29 is 19.1 Å². The fourth-order valence-electron chi connectivity index (χ4n) is 1.44. The van der Waals surface area contributed by atoms with E-state index in [1.54, 1.807) is 0 Å². The lowest BCUT2D eigenvalue weighted by Gasteiger charge is -2.15. The van der Waals surface area contributed by atoms with Gasteiger partial charge in [-0.05, 0) is 6.42 Å². The Morgan fingerprint density at radius 3 is 2.47 bits per heavy atom. The van der Waals surface area contributed by atoms with E-state index in [1.165, 1.54) is 37.3 Å². The minimum Gasteiger partial charge on any atom is -0.464 e. The van der Waals surface area contributed by atoms with Crippen LogP contribution >= 0.6 is 0 Å². The van der Waals surface area contributed by atoms with Gasteiger partial charge in [-0.1, -0.05) is 45.3 Å². The van der Waals surface area contributed by atoms with Crippen molar-refractivity contribution in [2.45, 2.75) is 39.0 Å². The zero-order valence-corrected chi connectivity index (χ0v) is 12.0. The molecule has 0 aromatic rings. The Bertz CT molecular complexity index is 279. The first-order valence-electron chi connectivity index (χ1n) is 6.76. The second-order valence-electron chi connectivity index (χ2n) is 4.36. The number of likely N-dealkylation sites (N-methyl/N-ethyl adjacent to an activating group) is 1. The molecule has 19 heavy (non-hydrogen) atoms. The standard InChI is InChI=1S/C14H25NO4/c1-4-6-7-8-9-11-18-13(16)12-15(3)14(17)19-10-5-2/h5H,2,4,6-12H2,1,3H3. The Hall–Kier alpha value is -1.52. The van der Waals surface area contributed by atoms with E-state index in [1.807, 2.05) is 0 Å². The molecular formula is C14H25NO4. The summed E-state index contributed by atoms with van der Waals surface area (Å²) in [5.41, 5.74) is 0. The van der Waals surface area contributed by atoms with E-state index < -0.39 is 12.1 Å². The summed E-state index contributed by atoms with van der Waals surface area (Å²) in [6.07, 6.45) is 6.43. The molecule has 0 saturated carbocycles. The Balaban J connectivity index is 3.61. The molecule has 0 bridgehead atoms. The van der Waals surface area contributed by atoms with Gasteiger partial charge in [-0.2, -0.15) is 0 Å². The van der Waals surface area contributed by atoms with Crippen LogP contribution in [0.2, 0.25) is 0 Å². The Morgan fingerprint density at radius 2 is 1.84 bits per heavy atom. The summed E-state index contributed by atoms with van der Waals surface area (Å²) in [6, 6.07) is 0. The molecule has 0 spiro atoms. The maximum Gasteiger partial charge on any atom is 0.410 e. The molecule has 0 aliphatic heterocycles. The zero-order valence-electron chi connectivity index (χ0n) is 12.0. The lowest BCUT2D eigenvalue weighted by molar-refractivity contribution is -0.144. The van der Waals surface area contributed by atoms with E-state index in [0.29, 0.717) is 6.61 Å². The van der Waals surface area contributed by atoms with Crippen molar-refractivity contribution in [2.75, 3.05) is 26.8 Å². The van der Waals surface area contributed by atoms with Crippen molar-refractivity contribution in [3.63, 3.8) is 0 Å². The molecule has 0 aromatic carbocycles. The molecule has 0 radical (unpaired) electrons. The van der Waals surface area contributed by atoms with E-state index in [4.69, 9.17) is 9.47 Å². The van der Waals surface area contributed by atoms with Crippen molar-refractivity contribution in [3.05, 3.63) is 12.7 Å². The molecule has 0 atom stereocenters. The number of nitrogens with zero attached hydrogens (tertiary/aromatic N) is 1. The number of unbranched alkanes of at least 4 members (excludes halogenated alkanes) is 4. The first kappa shape index (κ1) is 17.5. The van der Waals surface area contributed by atoms with Crippen LogP contribution in [0.4, 0.5) is 4.79 Å². The van der Waals surface area contributed by atoms with Gasteiger partial charge in [0.25, 0.3) is 0 Å². The molecule has 0 rings (SSSR count). The largest absolute Gasteiger partial charge is 0.464 e. The number of rotatable bonds is 10. The van der Waals surface area contributed by atoms with Gasteiger partial charge in [0.05, 0.1) is 6.61 Å². The van der Waals surface area contributed by atoms with Gasteiger partial charge < -0.3 is 14.4 Å². The lowest BCUT2D eigenvalue weighted by Crippen LogP contribution is -2.33. The minimum absolute atomic E-state index is 0.0923. The number of carbonyl (C=O) groups excluding carboxylic acids is 2. The van der Waals surface area contributed by atoms with Crippen LogP contribution in [0.15, 0.2) is 12.7 Å². The van der Waals surface area contributed by atoms with Crippen molar-refractivity contribution in [1.29, 1.82) is 0 Å². The second kappa shape index (κ2) is 11.6. The molecule has 110 valence electrons. The third-order valence-electron chi connectivity index (χ3n) is 2.51. The summed E-state index contributed by atoms with van der Waals surface area (Å²) in [4.78, 5) is 23.9. The first-order valence-corrected chi connectivity index (χ1v) is 6.76. The number of amides is 1. The van der Waals surface area contributed by atoms with Gasteiger partial charge in [-0.25, -0.2) is 4.79 Å². The molecule has 0 aromatic heterocycles. The van der Waals surface area contributed by atoms with Crippen molar-refractivity contribution in [1.82, 2.24) is 4.90 Å². The third kappa shape index (κ3) is 10.1. The Labute approximate surface area is 115 Å². The Kier molecular flexibility index (Phi) is 10.6. The summed E-state index contributed by atoms with van der Waals surface area (Å²) < 4.78 is 9.82. The molecule has 5 heteroatoms. The summed E-state index contributed by atoms with van der Waals surface area (Å²) in [7, 11) is 1.49. The highest BCUT2D eigenvalue weighted by atomic mass is 16.6. The van der Waals surface area contributed by atoms with Gasteiger partial charge in [0, 0.05) is 7.05 Å². The second-order valence-corrected chi connectivity index (χ2v) is 4.36. The molecular weight excluding hydrogens is 246 g/mol. The van der Waals surface area contributed by atoms with Crippen LogP contribution in [0.25, 0.3) is 0 Å². The average Bonchev–Trinajstić information content (AvgIpc) is 2.39. The molecule has 0 aliphatic rings. The summed E-state index contributed by atoms with van der Waals surface area (Å²) in [5, 5.41) is 0. The van der Waals surface area contributed by atoms with Gasteiger partial charge in [-0.3, -0.25) is 4.79 Å². The number of ether oxygens (including phenoxy) is 2. The average molecular weight is 271 g/mol. The van der Waals surface area contributed by atoms with E-state index in [0.717, 1.165) is 12.8 Å². The van der Waals surface area contributed by atoms with Crippen LogP contribution in [0.5, 0.6) is 0 Å². The van der Waals surface area contributed by atoms with Crippen LogP contribution < -0.4 is 0 Å². The maximum atomic E-state index is 11.4. The van der Waals surface area contributed by atoms with Gasteiger partial charge >= 0.3 is 12.1 Å². The zero-order chi connectivity index (χ0) is 14.5. The van der Waals surface area contributed by atoms with Gasteiger partial charge in [0.2, 0.25) is 0 Å². The highest BCUT2D eigenvalue weighted by Gasteiger charge is 2.14. The first-order chi connectivity index (χ1) is 9.11. The van der Waals surface area contributed by atoms with Gasteiger partial charge in [0.1, 0.15) is 13.2 Å². The molecule has 0 unspecified atom stereocenters. The predicted molar refractivity (Wildman–Crippen MR) is 73.9 cm³/mol. The monoisotopic (exact) mass is 271 g/mol. The highest BCUT2D eigenvalue weighted by Crippen LogP contribution is 2.02. The van der Waals surface area contributed by atoms with Crippen LogP contribution in [-0.4, -0.2) is 43.8 Å².